The molecule has 0 aliphatic rings. The molecule has 0 aromatic heterocycles. The summed E-state index contributed by atoms with van der Waals surface area (Å²) in [6.07, 6.45) is 0. The summed E-state index contributed by atoms with van der Waals surface area (Å²) in [5, 5.41) is 0. The topological polar surface area (TPSA) is 53.7 Å². The highest BCUT2D eigenvalue weighted by Crippen LogP contribution is 2.41. The number of hydrogen-bond acceptors (Lipinski definition) is 4. The van der Waals surface area contributed by atoms with Crippen molar-refractivity contribution in [2.45, 2.75) is 26.8 Å². The van der Waals surface area contributed by atoms with E-state index in [1.165, 1.54) is 0 Å². The first kappa shape index (κ1) is 15.6. The van der Waals surface area contributed by atoms with Gasteiger partial charge in [-0.05, 0) is 11.8 Å². The van der Waals surface area contributed by atoms with Gasteiger partial charge in [0.25, 0.3) is 0 Å². The number of nitrogens with two attached hydrogens (primary N) is 1. The van der Waals surface area contributed by atoms with E-state index in [-0.39, 0.29) is 6.04 Å². The second kappa shape index (κ2) is 6.66. The fourth-order valence-electron chi connectivity index (χ4n) is 2.04. The lowest BCUT2D eigenvalue weighted by Crippen LogP contribution is -2.24. The third-order valence-electron chi connectivity index (χ3n) is 3.70. The normalized spacial score (nSPS) is 14.1. The fraction of sp³-hybridized carbons (Fsp3) is 0.600. The first-order valence-corrected chi connectivity index (χ1v) is 6.51. The van der Waals surface area contributed by atoms with E-state index in [0.717, 1.165) is 5.56 Å². The van der Waals surface area contributed by atoms with Crippen LogP contribution in [0.2, 0.25) is 0 Å². The predicted octanol–water partition coefficient (Wildman–Crippen LogP) is 3.00. The fourth-order valence-corrected chi connectivity index (χ4v) is 2.04. The molecule has 108 valence electrons. The second-order valence-corrected chi connectivity index (χ2v) is 5.07. The first-order valence-electron chi connectivity index (χ1n) is 6.51. The highest BCUT2D eigenvalue weighted by Gasteiger charge is 2.25. The smallest absolute Gasteiger partial charge is 0.131 e. The molecule has 0 amide bonds. The highest BCUT2D eigenvalue weighted by molar-refractivity contribution is 5.52. The van der Waals surface area contributed by atoms with Crippen LogP contribution in [0.4, 0.5) is 0 Å². The van der Waals surface area contributed by atoms with E-state index in [0.29, 0.717) is 29.1 Å². The van der Waals surface area contributed by atoms with Crippen LogP contribution >= 0.6 is 0 Å². The van der Waals surface area contributed by atoms with Crippen LogP contribution in [-0.2, 0) is 0 Å². The monoisotopic (exact) mass is 267 g/mol. The molecule has 0 bridgehead atoms. The van der Waals surface area contributed by atoms with Crippen molar-refractivity contribution < 1.29 is 14.2 Å². The lowest BCUT2D eigenvalue weighted by Gasteiger charge is -2.27. The van der Waals surface area contributed by atoms with Gasteiger partial charge in [-0.1, -0.05) is 20.8 Å². The van der Waals surface area contributed by atoms with Gasteiger partial charge in [0, 0.05) is 18.2 Å². The molecule has 4 heteroatoms. The van der Waals surface area contributed by atoms with Crippen LogP contribution in [0.3, 0.4) is 0 Å². The summed E-state index contributed by atoms with van der Waals surface area (Å²) >= 11 is 0. The highest BCUT2D eigenvalue weighted by atomic mass is 16.5. The number of methoxy groups -OCH3 is 3. The zero-order valence-corrected chi connectivity index (χ0v) is 12.7. The average Bonchev–Trinajstić information content (AvgIpc) is 2.43. The molecule has 1 aromatic carbocycles. The summed E-state index contributed by atoms with van der Waals surface area (Å²) in [7, 11) is 4.87. The Morgan fingerprint density at radius 2 is 1.37 bits per heavy atom. The molecule has 1 rings (SSSR count). The van der Waals surface area contributed by atoms with Crippen LogP contribution in [-0.4, -0.2) is 21.3 Å². The molecule has 2 unspecified atom stereocenters. The van der Waals surface area contributed by atoms with Crippen molar-refractivity contribution in [3.8, 4) is 17.2 Å². The van der Waals surface area contributed by atoms with Crippen LogP contribution in [0.25, 0.3) is 0 Å². The van der Waals surface area contributed by atoms with Crippen molar-refractivity contribution in [1.29, 1.82) is 0 Å². The van der Waals surface area contributed by atoms with Gasteiger partial charge in [0.05, 0.1) is 26.9 Å². The van der Waals surface area contributed by atoms with Crippen molar-refractivity contribution in [2.24, 2.45) is 17.6 Å². The van der Waals surface area contributed by atoms with Crippen molar-refractivity contribution in [3.63, 3.8) is 0 Å². The van der Waals surface area contributed by atoms with Crippen LogP contribution < -0.4 is 19.9 Å². The van der Waals surface area contributed by atoms with E-state index >= 15 is 0 Å². The van der Waals surface area contributed by atoms with Crippen LogP contribution in [0, 0.1) is 11.8 Å². The molecular formula is C15H25NO3. The maximum Gasteiger partial charge on any atom is 0.131 e. The second-order valence-electron chi connectivity index (χ2n) is 5.07. The van der Waals surface area contributed by atoms with Gasteiger partial charge in [-0.3, -0.25) is 0 Å². The molecular weight excluding hydrogens is 242 g/mol. The maximum absolute atomic E-state index is 6.38. The zero-order valence-electron chi connectivity index (χ0n) is 12.7. The lowest BCUT2D eigenvalue weighted by atomic mass is 9.86. The van der Waals surface area contributed by atoms with Gasteiger partial charge in [0.15, 0.2) is 0 Å². The summed E-state index contributed by atoms with van der Waals surface area (Å²) in [6, 6.07) is 3.53. The summed E-state index contributed by atoms with van der Waals surface area (Å²) in [4.78, 5) is 0. The van der Waals surface area contributed by atoms with Gasteiger partial charge >= 0.3 is 0 Å². The molecule has 0 spiro atoms. The number of benzene rings is 1. The van der Waals surface area contributed by atoms with Crippen molar-refractivity contribution in [3.05, 3.63) is 17.7 Å². The van der Waals surface area contributed by atoms with Gasteiger partial charge in [0.1, 0.15) is 17.2 Å². The van der Waals surface area contributed by atoms with E-state index in [2.05, 4.69) is 20.8 Å². The Morgan fingerprint density at radius 3 is 1.68 bits per heavy atom. The van der Waals surface area contributed by atoms with Crippen molar-refractivity contribution in [1.82, 2.24) is 0 Å². The number of hydrogen-bond donors (Lipinski definition) is 1. The standard InChI is InChI=1S/C15H25NO3/c1-9(2)10(3)15(16)14-12(18-5)7-11(17-4)8-13(14)19-6/h7-10,15H,16H2,1-6H3. The minimum absolute atomic E-state index is 0.143. The van der Waals surface area contributed by atoms with Crippen LogP contribution in [0.15, 0.2) is 12.1 Å². The van der Waals surface area contributed by atoms with Gasteiger partial charge in [-0.2, -0.15) is 0 Å². The summed E-state index contributed by atoms with van der Waals surface area (Å²) in [6.45, 7) is 6.46. The van der Waals surface area contributed by atoms with Gasteiger partial charge in [-0.25, -0.2) is 0 Å². The Kier molecular flexibility index (Phi) is 5.48. The Bertz CT molecular complexity index is 393. The Labute approximate surface area is 115 Å². The molecule has 19 heavy (non-hydrogen) atoms. The van der Waals surface area contributed by atoms with E-state index in [9.17, 15) is 0 Å². The van der Waals surface area contributed by atoms with E-state index < -0.39 is 0 Å². The SMILES string of the molecule is COc1cc(OC)c(C(N)C(C)C(C)C)c(OC)c1. The van der Waals surface area contributed by atoms with E-state index in [1.54, 1.807) is 21.3 Å². The maximum atomic E-state index is 6.38. The Hall–Kier alpha value is -1.42. The third kappa shape index (κ3) is 3.32. The summed E-state index contributed by atoms with van der Waals surface area (Å²) in [5.41, 5.74) is 7.28. The molecule has 0 saturated heterocycles. The summed E-state index contributed by atoms with van der Waals surface area (Å²) < 4.78 is 16.1. The molecule has 0 radical (unpaired) electrons. The van der Waals surface area contributed by atoms with Gasteiger partial charge in [0.2, 0.25) is 0 Å². The molecule has 1 aromatic rings. The first-order chi connectivity index (χ1) is 8.96. The molecule has 2 atom stereocenters. The Balaban J connectivity index is 3.31. The minimum Gasteiger partial charge on any atom is -0.496 e. The van der Waals surface area contributed by atoms with Crippen molar-refractivity contribution >= 4 is 0 Å². The van der Waals surface area contributed by atoms with E-state index in [4.69, 9.17) is 19.9 Å². The molecule has 2 N–H and O–H groups in total. The third-order valence-corrected chi connectivity index (χ3v) is 3.70. The molecule has 4 nitrogen and oxygen atoms in total. The van der Waals surface area contributed by atoms with E-state index in [1.807, 2.05) is 12.1 Å². The lowest BCUT2D eigenvalue weighted by molar-refractivity contribution is 0.319. The molecule has 0 aliphatic heterocycles. The predicted molar refractivity (Wildman–Crippen MR) is 77.0 cm³/mol. The summed E-state index contributed by atoms with van der Waals surface area (Å²) in [5.74, 6) is 2.90. The largest absolute Gasteiger partial charge is 0.496 e. The average molecular weight is 267 g/mol. The molecule has 0 fully saturated rings. The van der Waals surface area contributed by atoms with Crippen LogP contribution in [0.1, 0.15) is 32.4 Å². The van der Waals surface area contributed by atoms with Gasteiger partial charge < -0.3 is 19.9 Å². The number of rotatable bonds is 6. The van der Waals surface area contributed by atoms with Crippen molar-refractivity contribution in [2.75, 3.05) is 21.3 Å². The molecule has 0 saturated carbocycles. The van der Waals surface area contributed by atoms with Crippen LogP contribution in [0.5, 0.6) is 17.2 Å². The Morgan fingerprint density at radius 1 is 0.895 bits per heavy atom. The quantitative estimate of drug-likeness (QED) is 0.861. The molecule has 0 heterocycles. The number of ether oxygens (including phenoxy) is 3. The zero-order chi connectivity index (χ0) is 14.6. The minimum atomic E-state index is -0.143. The van der Waals surface area contributed by atoms with Gasteiger partial charge in [-0.15, -0.1) is 0 Å². The molecule has 0 aliphatic carbocycles.